The van der Waals surface area contributed by atoms with Crippen molar-refractivity contribution in [1.29, 1.82) is 0 Å². The summed E-state index contributed by atoms with van der Waals surface area (Å²) in [5.74, 6) is 0. The highest BCUT2D eigenvalue weighted by atomic mass is 14.6. The van der Waals surface area contributed by atoms with Crippen LogP contribution in [0.1, 0.15) is 18.9 Å². The maximum atomic E-state index is 6.02. The normalized spacial score (nSPS) is 10.4. The highest BCUT2D eigenvalue weighted by molar-refractivity contribution is 5.79. The summed E-state index contributed by atoms with van der Waals surface area (Å²) in [6.45, 7) is 2.17. The fourth-order valence-corrected chi connectivity index (χ4v) is 2.09. The van der Waals surface area contributed by atoms with Gasteiger partial charge in [-0.15, -0.1) is 0 Å². The number of hydrogen-bond acceptors (Lipinski definition) is 2. The molecule has 2 rings (SSSR count). The van der Waals surface area contributed by atoms with E-state index in [1.54, 1.807) is 0 Å². The van der Waals surface area contributed by atoms with Crippen molar-refractivity contribution in [3.8, 4) is 11.1 Å². The van der Waals surface area contributed by atoms with Crippen LogP contribution < -0.4 is 11.5 Å². The molecule has 2 nitrogen and oxygen atoms in total. The Kier molecular flexibility index (Phi) is 3.33. The molecule has 0 fully saturated rings. The second-order valence-electron chi connectivity index (χ2n) is 4.25. The Labute approximate surface area is 102 Å². The summed E-state index contributed by atoms with van der Waals surface area (Å²) in [4.78, 5) is 0. The van der Waals surface area contributed by atoms with Crippen molar-refractivity contribution in [1.82, 2.24) is 0 Å². The van der Waals surface area contributed by atoms with Crippen LogP contribution in [0.5, 0.6) is 0 Å². The van der Waals surface area contributed by atoms with Gasteiger partial charge in [0.05, 0.1) is 0 Å². The first-order chi connectivity index (χ1) is 8.22. The third kappa shape index (κ3) is 2.41. The van der Waals surface area contributed by atoms with E-state index < -0.39 is 0 Å². The number of anilines is 2. The summed E-state index contributed by atoms with van der Waals surface area (Å²) in [7, 11) is 0. The summed E-state index contributed by atoms with van der Waals surface area (Å²) in [5.41, 5.74) is 17.0. The van der Waals surface area contributed by atoms with Crippen molar-refractivity contribution in [3.63, 3.8) is 0 Å². The van der Waals surface area contributed by atoms with Crippen LogP contribution >= 0.6 is 0 Å². The first-order valence-electron chi connectivity index (χ1n) is 5.95. The predicted molar refractivity (Wildman–Crippen MR) is 74.7 cm³/mol. The topological polar surface area (TPSA) is 52.0 Å². The van der Waals surface area contributed by atoms with Gasteiger partial charge in [-0.2, -0.15) is 0 Å². The molecule has 0 spiro atoms. The molecular formula is C15H18N2. The van der Waals surface area contributed by atoms with E-state index in [2.05, 4.69) is 19.1 Å². The Hall–Kier alpha value is -1.96. The van der Waals surface area contributed by atoms with Gasteiger partial charge >= 0.3 is 0 Å². The van der Waals surface area contributed by atoms with Crippen molar-refractivity contribution in [2.24, 2.45) is 0 Å². The third-order valence-electron chi connectivity index (χ3n) is 2.90. The van der Waals surface area contributed by atoms with Crippen LogP contribution in [-0.2, 0) is 6.42 Å². The lowest BCUT2D eigenvalue weighted by atomic mass is 9.95. The zero-order valence-electron chi connectivity index (χ0n) is 10.1. The van der Waals surface area contributed by atoms with Gasteiger partial charge in [-0.05, 0) is 35.7 Å². The molecule has 88 valence electrons. The molecule has 2 aromatic carbocycles. The third-order valence-corrected chi connectivity index (χ3v) is 2.90. The van der Waals surface area contributed by atoms with Gasteiger partial charge in [-0.1, -0.05) is 37.6 Å². The molecule has 0 radical (unpaired) electrons. The fourth-order valence-electron chi connectivity index (χ4n) is 2.09. The summed E-state index contributed by atoms with van der Waals surface area (Å²) in [5, 5.41) is 0. The van der Waals surface area contributed by atoms with Crippen molar-refractivity contribution >= 4 is 11.4 Å². The van der Waals surface area contributed by atoms with Gasteiger partial charge in [0.1, 0.15) is 0 Å². The average molecular weight is 226 g/mol. The largest absolute Gasteiger partial charge is 0.399 e. The Morgan fingerprint density at radius 3 is 2.41 bits per heavy atom. The first kappa shape index (κ1) is 11.5. The van der Waals surface area contributed by atoms with Gasteiger partial charge in [0.25, 0.3) is 0 Å². The molecule has 0 aliphatic carbocycles. The van der Waals surface area contributed by atoms with Crippen molar-refractivity contribution < 1.29 is 0 Å². The molecule has 2 aromatic rings. The van der Waals surface area contributed by atoms with Gasteiger partial charge < -0.3 is 11.5 Å². The number of aryl methyl sites for hydroxylation is 1. The molecule has 0 saturated heterocycles. The second kappa shape index (κ2) is 4.91. The lowest BCUT2D eigenvalue weighted by Crippen LogP contribution is -1.96. The Morgan fingerprint density at radius 2 is 1.71 bits per heavy atom. The van der Waals surface area contributed by atoms with Crippen molar-refractivity contribution in [2.45, 2.75) is 19.8 Å². The Bertz CT molecular complexity index is 518. The van der Waals surface area contributed by atoms with Gasteiger partial charge in [-0.25, -0.2) is 0 Å². The van der Waals surface area contributed by atoms with E-state index in [9.17, 15) is 0 Å². The zero-order chi connectivity index (χ0) is 12.3. The van der Waals surface area contributed by atoms with E-state index in [4.69, 9.17) is 11.5 Å². The Balaban J connectivity index is 2.55. The minimum absolute atomic E-state index is 0.812. The summed E-state index contributed by atoms with van der Waals surface area (Å²) in [6, 6.07) is 14.0. The van der Waals surface area contributed by atoms with Gasteiger partial charge in [0.15, 0.2) is 0 Å². The number of nitrogen functional groups attached to an aromatic ring is 2. The second-order valence-corrected chi connectivity index (χ2v) is 4.25. The molecule has 0 aromatic heterocycles. The fraction of sp³-hybridized carbons (Fsp3) is 0.200. The van der Waals surface area contributed by atoms with E-state index in [-0.39, 0.29) is 0 Å². The summed E-state index contributed by atoms with van der Waals surface area (Å²) in [6.07, 6.45) is 2.12. The van der Waals surface area contributed by atoms with E-state index >= 15 is 0 Å². The number of benzene rings is 2. The zero-order valence-corrected chi connectivity index (χ0v) is 10.1. The number of hydrogen-bond donors (Lipinski definition) is 2. The first-order valence-corrected chi connectivity index (χ1v) is 5.95. The molecule has 0 atom stereocenters. The molecule has 4 N–H and O–H groups in total. The molecule has 0 aliphatic rings. The summed E-state index contributed by atoms with van der Waals surface area (Å²) >= 11 is 0. The van der Waals surface area contributed by atoms with E-state index in [1.807, 2.05) is 30.3 Å². The number of rotatable bonds is 3. The number of para-hydroxylation sites is 1. The maximum Gasteiger partial charge on any atom is 0.0393 e. The molecule has 17 heavy (non-hydrogen) atoms. The SMILES string of the molecule is CCCc1cc(N)ccc1-c1ccccc1N. The predicted octanol–water partition coefficient (Wildman–Crippen LogP) is 3.47. The van der Waals surface area contributed by atoms with Gasteiger partial charge in [0, 0.05) is 16.9 Å². The van der Waals surface area contributed by atoms with E-state index in [0.717, 1.165) is 29.8 Å². The maximum absolute atomic E-state index is 6.02. The standard InChI is InChI=1S/C15H18N2/c1-2-5-11-10-12(16)8-9-13(11)14-6-3-4-7-15(14)17/h3-4,6-10H,2,5,16-17H2,1H3. The molecule has 0 saturated carbocycles. The van der Waals surface area contributed by atoms with Crippen molar-refractivity contribution in [3.05, 3.63) is 48.0 Å². The lowest BCUT2D eigenvalue weighted by molar-refractivity contribution is 0.924. The summed E-state index contributed by atoms with van der Waals surface area (Å²) < 4.78 is 0. The van der Waals surface area contributed by atoms with E-state index in [1.165, 1.54) is 11.1 Å². The molecule has 2 heteroatoms. The molecule has 0 aliphatic heterocycles. The lowest BCUT2D eigenvalue weighted by Gasteiger charge is -2.12. The molecule has 0 unspecified atom stereocenters. The van der Waals surface area contributed by atoms with Crippen LogP contribution in [0.4, 0.5) is 11.4 Å². The van der Waals surface area contributed by atoms with Crippen LogP contribution in [-0.4, -0.2) is 0 Å². The minimum Gasteiger partial charge on any atom is -0.399 e. The quantitative estimate of drug-likeness (QED) is 0.787. The number of nitrogens with two attached hydrogens (primary N) is 2. The van der Waals surface area contributed by atoms with Crippen LogP contribution in [0.2, 0.25) is 0 Å². The molecular weight excluding hydrogens is 208 g/mol. The monoisotopic (exact) mass is 226 g/mol. The van der Waals surface area contributed by atoms with Crippen LogP contribution in [0.25, 0.3) is 11.1 Å². The van der Waals surface area contributed by atoms with Crippen LogP contribution in [0.3, 0.4) is 0 Å². The van der Waals surface area contributed by atoms with Crippen LogP contribution in [0, 0.1) is 0 Å². The molecule has 0 heterocycles. The molecule has 0 bridgehead atoms. The Morgan fingerprint density at radius 1 is 0.941 bits per heavy atom. The van der Waals surface area contributed by atoms with Crippen LogP contribution in [0.15, 0.2) is 42.5 Å². The smallest absolute Gasteiger partial charge is 0.0393 e. The van der Waals surface area contributed by atoms with Crippen molar-refractivity contribution in [2.75, 3.05) is 11.5 Å². The van der Waals surface area contributed by atoms with Gasteiger partial charge in [0.2, 0.25) is 0 Å². The minimum atomic E-state index is 0.812. The highest BCUT2D eigenvalue weighted by Gasteiger charge is 2.07. The highest BCUT2D eigenvalue weighted by Crippen LogP contribution is 2.30. The van der Waals surface area contributed by atoms with Gasteiger partial charge in [-0.3, -0.25) is 0 Å². The average Bonchev–Trinajstić information content (AvgIpc) is 2.31. The molecule has 0 amide bonds. The van der Waals surface area contributed by atoms with E-state index in [0.29, 0.717) is 0 Å².